The number of rotatable bonds is 8. The van der Waals surface area contributed by atoms with Crippen LogP contribution in [-0.4, -0.2) is 36.2 Å². The maximum Gasteiger partial charge on any atom is 0.416 e. The number of nitrogens with one attached hydrogen (secondary N) is 1. The highest BCUT2D eigenvalue weighted by Crippen LogP contribution is 2.38. The van der Waals surface area contributed by atoms with E-state index < -0.39 is 34.4 Å². The molecule has 2 atom stereocenters. The summed E-state index contributed by atoms with van der Waals surface area (Å²) in [5.74, 6) is -0.812. The Kier molecular flexibility index (Phi) is 7.65. The molecule has 1 aliphatic rings. The molecule has 1 N–H and O–H groups in total. The molecule has 0 bridgehead atoms. The smallest absolute Gasteiger partial charge is 0.416 e. The van der Waals surface area contributed by atoms with Crippen LogP contribution in [-0.2, 0) is 15.7 Å². The number of hydrogen-bond donors (Lipinski definition) is 1. The van der Waals surface area contributed by atoms with Crippen molar-refractivity contribution in [3.8, 4) is 17.2 Å². The van der Waals surface area contributed by atoms with E-state index in [1.54, 1.807) is 0 Å². The van der Waals surface area contributed by atoms with E-state index >= 15 is 0 Å². The van der Waals surface area contributed by atoms with Crippen LogP contribution >= 0.6 is 11.6 Å². The molecule has 2 aromatic carbocycles. The number of benzene rings is 2. The number of amides is 1. The molecule has 0 spiro atoms. The van der Waals surface area contributed by atoms with Crippen molar-refractivity contribution < 1.29 is 37.1 Å². The van der Waals surface area contributed by atoms with E-state index in [9.17, 15) is 28.1 Å². The Balaban J connectivity index is 1.74. The SMILES string of the molecule is CC(Oc1cc(Oc2ccc(C(F)(F)F)cc2Cl)ccc1[N+](=O)[O-])C(=O)NCC1CCCO1. The van der Waals surface area contributed by atoms with Gasteiger partial charge in [-0.3, -0.25) is 14.9 Å². The summed E-state index contributed by atoms with van der Waals surface area (Å²) in [6.45, 7) is 2.35. The average molecular weight is 489 g/mol. The van der Waals surface area contributed by atoms with Gasteiger partial charge in [-0.15, -0.1) is 0 Å². The number of nitro groups is 1. The zero-order valence-electron chi connectivity index (χ0n) is 17.4. The van der Waals surface area contributed by atoms with Crippen LogP contribution in [0.1, 0.15) is 25.3 Å². The van der Waals surface area contributed by atoms with E-state index in [1.807, 2.05) is 0 Å². The van der Waals surface area contributed by atoms with Crippen molar-refractivity contribution in [3.63, 3.8) is 0 Å². The second-order valence-electron chi connectivity index (χ2n) is 7.27. The Morgan fingerprint density at radius 3 is 2.67 bits per heavy atom. The molecule has 0 aliphatic carbocycles. The van der Waals surface area contributed by atoms with Crippen LogP contribution < -0.4 is 14.8 Å². The maximum atomic E-state index is 12.8. The summed E-state index contributed by atoms with van der Waals surface area (Å²) in [6, 6.07) is 6.04. The lowest BCUT2D eigenvalue weighted by Crippen LogP contribution is -2.40. The minimum Gasteiger partial charge on any atom is -0.474 e. The van der Waals surface area contributed by atoms with Gasteiger partial charge in [-0.1, -0.05) is 11.6 Å². The minimum absolute atomic E-state index is 0.0178. The molecular formula is C21H20ClF3N2O6. The molecule has 3 rings (SSSR count). The Labute approximate surface area is 191 Å². The topological polar surface area (TPSA) is 99.9 Å². The van der Waals surface area contributed by atoms with Gasteiger partial charge in [0.1, 0.15) is 11.5 Å². The molecule has 33 heavy (non-hydrogen) atoms. The van der Waals surface area contributed by atoms with Gasteiger partial charge in [-0.05, 0) is 44.0 Å². The number of carbonyl (C=O) groups is 1. The predicted octanol–water partition coefficient (Wildman–Crippen LogP) is 5.12. The summed E-state index contributed by atoms with van der Waals surface area (Å²) >= 11 is 5.89. The molecule has 1 heterocycles. The van der Waals surface area contributed by atoms with E-state index in [0.29, 0.717) is 19.2 Å². The second kappa shape index (κ2) is 10.3. The predicted molar refractivity (Wildman–Crippen MR) is 112 cm³/mol. The van der Waals surface area contributed by atoms with Gasteiger partial charge in [-0.25, -0.2) is 0 Å². The molecular weight excluding hydrogens is 469 g/mol. The number of nitrogens with zero attached hydrogens (tertiary/aromatic N) is 1. The number of carbonyl (C=O) groups excluding carboxylic acids is 1. The number of alkyl halides is 3. The van der Waals surface area contributed by atoms with E-state index in [-0.39, 0.29) is 28.4 Å². The third-order valence-electron chi connectivity index (χ3n) is 4.82. The minimum atomic E-state index is -4.57. The van der Waals surface area contributed by atoms with Gasteiger partial charge in [-0.2, -0.15) is 13.2 Å². The van der Waals surface area contributed by atoms with Crippen LogP contribution in [0.15, 0.2) is 36.4 Å². The van der Waals surface area contributed by atoms with Crippen LogP contribution in [0, 0.1) is 10.1 Å². The van der Waals surface area contributed by atoms with Crippen LogP contribution in [0.2, 0.25) is 5.02 Å². The summed E-state index contributed by atoms with van der Waals surface area (Å²) in [7, 11) is 0. The van der Waals surface area contributed by atoms with Gasteiger partial charge < -0.3 is 19.5 Å². The van der Waals surface area contributed by atoms with Crippen molar-refractivity contribution in [2.45, 2.75) is 38.1 Å². The van der Waals surface area contributed by atoms with Crippen LogP contribution in [0.25, 0.3) is 0 Å². The first-order valence-electron chi connectivity index (χ1n) is 9.93. The summed E-state index contributed by atoms with van der Waals surface area (Å²) in [5.41, 5.74) is -1.37. The highest BCUT2D eigenvalue weighted by Gasteiger charge is 2.31. The van der Waals surface area contributed by atoms with Gasteiger partial charge in [0, 0.05) is 25.3 Å². The van der Waals surface area contributed by atoms with Crippen molar-refractivity contribution >= 4 is 23.2 Å². The fourth-order valence-corrected chi connectivity index (χ4v) is 3.32. The van der Waals surface area contributed by atoms with E-state index in [4.69, 9.17) is 25.8 Å². The zero-order chi connectivity index (χ0) is 24.2. The highest BCUT2D eigenvalue weighted by atomic mass is 35.5. The number of halogens is 4. The standard InChI is InChI=1S/C21H20ClF3N2O6/c1-12(20(28)26-11-15-3-2-8-31-15)32-19-10-14(5-6-17(19)27(29)30)33-18-7-4-13(9-16(18)22)21(23,24)25/h4-7,9-10,12,15H,2-3,8,11H2,1H3,(H,26,28). The normalized spacial score (nSPS) is 16.8. The van der Waals surface area contributed by atoms with Crippen molar-refractivity contribution in [2.75, 3.05) is 13.2 Å². The molecule has 12 heteroatoms. The lowest BCUT2D eigenvalue weighted by molar-refractivity contribution is -0.386. The van der Waals surface area contributed by atoms with Crippen molar-refractivity contribution in [2.24, 2.45) is 0 Å². The monoisotopic (exact) mass is 488 g/mol. The summed E-state index contributed by atoms with van der Waals surface area (Å²) in [5, 5.41) is 13.7. The summed E-state index contributed by atoms with van der Waals surface area (Å²) in [6.07, 6.45) is -3.99. The number of ether oxygens (including phenoxy) is 3. The Hall–Kier alpha value is -3.05. The van der Waals surface area contributed by atoms with Gasteiger partial charge in [0.15, 0.2) is 6.10 Å². The average Bonchev–Trinajstić information content (AvgIpc) is 3.26. The molecule has 0 saturated carbocycles. The molecule has 2 unspecified atom stereocenters. The van der Waals surface area contributed by atoms with Crippen LogP contribution in [0.5, 0.6) is 17.2 Å². The van der Waals surface area contributed by atoms with Gasteiger partial charge in [0.2, 0.25) is 5.75 Å². The Bertz CT molecular complexity index is 1030. The van der Waals surface area contributed by atoms with E-state index in [2.05, 4.69) is 5.32 Å². The Morgan fingerprint density at radius 1 is 1.30 bits per heavy atom. The molecule has 8 nitrogen and oxygen atoms in total. The van der Waals surface area contributed by atoms with Gasteiger partial charge >= 0.3 is 11.9 Å². The molecule has 0 radical (unpaired) electrons. The molecule has 1 fully saturated rings. The van der Waals surface area contributed by atoms with E-state index in [1.165, 1.54) is 13.0 Å². The highest BCUT2D eigenvalue weighted by molar-refractivity contribution is 6.32. The molecule has 1 saturated heterocycles. The first kappa shape index (κ1) is 24.6. The quantitative estimate of drug-likeness (QED) is 0.409. The molecule has 178 valence electrons. The zero-order valence-corrected chi connectivity index (χ0v) is 18.1. The molecule has 0 aromatic heterocycles. The molecule has 2 aromatic rings. The first-order chi connectivity index (χ1) is 15.5. The lowest BCUT2D eigenvalue weighted by atomic mass is 10.2. The maximum absolute atomic E-state index is 12.8. The van der Waals surface area contributed by atoms with Crippen molar-refractivity contribution in [3.05, 3.63) is 57.1 Å². The van der Waals surface area contributed by atoms with Crippen LogP contribution in [0.4, 0.5) is 18.9 Å². The van der Waals surface area contributed by atoms with Gasteiger partial charge in [0.25, 0.3) is 5.91 Å². The first-order valence-corrected chi connectivity index (χ1v) is 10.3. The van der Waals surface area contributed by atoms with Crippen LogP contribution in [0.3, 0.4) is 0 Å². The van der Waals surface area contributed by atoms with Crippen molar-refractivity contribution in [1.82, 2.24) is 5.32 Å². The third-order valence-corrected chi connectivity index (χ3v) is 5.11. The Morgan fingerprint density at radius 2 is 2.06 bits per heavy atom. The summed E-state index contributed by atoms with van der Waals surface area (Å²) in [4.78, 5) is 23.0. The van der Waals surface area contributed by atoms with Gasteiger partial charge in [0.05, 0.1) is 21.6 Å². The largest absolute Gasteiger partial charge is 0.474 e. The fourth-order valence-electron chi connectivity index (χ4n) is 3.10. The third kappa shape index (κ3) is 6.48. The lowest BCUT2D eigenvalue weighted by Gasteiger charge is -2.17. The number of hydrogen-bond acceptors (Lipinski definition) is 6. The van der Waals surface area contributed by atoms with Crippen molar-refractivity contribution in [1.29, 1.82) is 0 Å². The number of nitro benzene ring substituents is 1. The summed E-state index contributed by atoms with van der Waals surface area (Å²) < 4.78 is 54.8. The fraction of sp³-hybridized carbons (Fsp3) is 0.381. The van der Waals surface area contributed by atoms with E-state index in [0.717, 1.165) is 37.1 Å². The molecule has 1 amide bonds. The second-order valence-corrected chi connectivity index (χ2v) is 7.68. The molecule has 1 aliphatic heterocycles.